The Labute approximate surface area is 106 Å². The molecule has 1 atom stereocenters. The van der Waals surface area contributed by atoms with Crippen molar-refractivity contribution in [2.24, 2.45) is 0 Å². The van der Waals surface area contributed by atoms with Gasteiger partial charge in [0.15, 0.2) is 0 Å². The summed E-state index contributed by atoms with van der Waals surface area (Å²) < 4.78 is 0. The zero-order chi connectivity index (χ0) is 13.0. The van der Waals surface area contributed by atoms with E-state index in [1.54, 1.807) is 18.2 Å². The van der Waals surface area contributed by atoms with Gasteiger partial charge in [-0.25, -0.2) is 4.79 Å². The second-order valence-electron chi connectivity index (χ2n) is 4.38. The van der Waals surface area contributed by atoms with Gasteiger partial charge in [0.05, 0.1) is 18.2 Å². The van der Waals surface area contributed by atoms with Crippen molar-refractivity contribution in [2.75, 3.05) is 32.8 Å². The highest BCUT2D eigenvalue weighted by atomic mass is 16.4. The smallest absolute Gasteiger partial charge is 0.336 e. The first-order chi connectivity index (χ1) is 8.74. The first kappa shape index (κ1) is 13.0. The number of hydrogen-bond donors (Lipinski definition) is 3. The van der Waals surface area contributed by atoms with Crippen molar-refractivity contribution < 1.29 is 15.0 Å². The Hall–Kier alpha value is -1.43. The molecule has 1 heterocycles. The third-order valence-electron chi connectivity index (χ3n) is 3.32. The van der Waals surface area contributed by atoms with Crippen LogP contribution in [-0.2, 0) is 0 Å². The third-order valence-corrected chi connectivity index (χ3v) is 3.32. The predicted octanol–water partition coefficient (Wildman–Crippen LogP) is 0.323. The van der Waals surface area contributed by atoms with Crippen LogP contribution in [0.4, 0.5) is 0 Å². The molecule has 1 saturated heterocycles. The lowest BCUT2D eigenvalue weighted by atomic mass is 9.99. The largest absolute Gasteiger partial charge is 0.478 e. The molecule has 1 aromatic rings. The summed E-state index contributed by atoms with van der Waals surface area (Å²) in [6.07, 6.45) is 0. The molecule has 5 nitrogen and oxygen atoms in total. The molecule has 1 aromatic carbocycles. The summed E-state index contributed by atoms with van der Waals surface area (Å²) in [4.78, 5) is 13.3. The van der Waals surface area contributed by atoms with Crippen LogP contribution in [-0.4, -0.2) is 53.9 Å². The maximum absolute atomic E-state index is 11.2. The van der Waals surface area contributed by atoms with Gasteiger partial charge < -0.3 is 15.5 Å². The lowest BCUT2D eigenvalue weighted by molar-refractivity contribution is 0.0686. The van der Waals surface area contributed by atoms with Gasteiger partial charge in [0, 0.05) is 26.2 Å². The number of carbonyl (C=O) groups is 1. The molecule has 0 radical (unpaired) electrons. The number of hydrogen-bond acceptors (Lipinski definition) is 4. The fraction of sp³-hybridized carbons (Fsp3) is 0.462. The topological polar surface area (TPSA) is 72.8 Å². The summed E-state index contributed by atoms with van der Waals surface area (Å²) >= 11 is 0. The lowest BCUT2D eigenvalue weighted by Gasteiger charge is -2.34. The first-order valence-electron chi connectivity index (χ1n) is 6.12. The van der Waals surface area contributed by atoms with E-state index in [2.05, 4.69) is 10.2 Å². The molecule has 0 aromatic heterocycles. The molecule has 18 heavy (non-hydrogen) atoms. The molecule has 0 aliphatic carbocycles. The summed E-state index contributed by atoms with van der Waals surface area (Å²) in [6, 6.07) is 6.65. The molecule has 0 spiro atoms. The standard InChI is InChI=1S/C13H18N2O3/c16-9-12(15-7-5-14-6-8-15)10-3-1-2-4-11(10)13(17)18/h1-4,12,14,16H,5-9H2,(H,17,18)/t12-/m1/s1. The molecule has 3 N–H and O–H groups in total. The van der Waals surface area contributed by atoms with Gasteiger partial charge in [-0.15, -0.1) is 0 Å². The summed E-state index contributed by atoms with van der Waals surface area (Å²) in [5.41, 5.74) is 0.962. The highest BCUT2D eigenvalue weighted by Crippen LogP contribution is 2.24. The maximum Gasteiger partial charge on any atom is 0.336 e. The van der Waals surface area contributed by atoms with Crippen molar-refractivity contribution in [3.63, 3.8) is 0 Å². The average molecular weight is 250 g/mol. The Balaban J connectivity index is 2.28. The zero-order valence-electron chi connectivity index (χ0n) is 10.2. The first-order valence-corrected chi connectivity index (χ1v) is 6.12. The molecule has 2 rings (SSSR count). The molecule has 98 valence electrons. The van der Waals surface area contributed by atoms with Gasteiger partial charge in [-0.05, 0) is 11.6 Å². The summed E-state index contributed by atoms with van der Waals surface area (Å²) in [6.45, 7) is 3.31. The fourth-order valence-electron chi connectivity index (χ4n) is 2.39. The van der Waals surface area contributed by atoms with Crippen LogP contribution in [0.2, 0.25) is 0 Å². The number of benzene rings is 1. The van der Waals surface area contributed by atoms with Gasteiger partial charge in [-0.2, -0.15) is 0 Å². The number of aliphatic hydroxyl groups excluding tert-OH is 1. The van der Waals surface area contributed by atoms with Crippen LogP contribution in [0.1, 0.15) is 22.0 Å². The number of carboxylic acids is 1. The summed E-state index contributed by atoms with van der Waals surface area (Å²) in [5.74, 6) is -0.945. The number of rotatable bonds is 4. The van der Waals surface area contributed by atoms with E-state index in [4.69, 9.17) is 0 Å². The van der Waals surface area contributed by atoms with E-state index >= 15 is 0 Å². The Kier molecular flexibility index (Phi) is 4.30. The SMILES string of the molecule is O=C(O)c1ccccc1[C@@H](CO)N1CCNCC1. The molecule has 1 fully saturated rings. The number of piperazine rings is 1. The van der Waals surface area contributed by atoms with Crippen LogP contribution in [0, 0.1) is 0 Å². The van der Waals surface area contributed by atoms with Crippen molar-refractivity contribution in [1.29, 1.82) is 0 Å². The van der Waals surface area contributed by atoms with Crippen LogP contribution in [0.3, 0.4) is 0 Å². The summed E-state index contributed by atoms with van der Waals surface area (Å²) in [5, 5.41) is 22.0. The van der Waals surface area contributed by atoms with Crippen LogP contribution in [0.15, 0.2) is 24.3 Å². The Morgan fingerprint density at radius 2 is 2.00 bits per heavy atom. The van der Waals surface area contributed by atoms with Crippen LogP contribution in [0.25, 0.3) is 0 Å². The van der Waals surface area contributed by atoms with Gasteiger partial charge in [0.25, 0.3) is 0 Å². The van der Waals surface area contributed by atoms with Crippen molar-refractivity contribution in [1.82, 2.24) is 10.2 Å². The lowest BCUT2D eigenvalue weighted by Crippen LogP contribution is -2.46. The fourth-order valence-corrected chi connectivity index (χ4v) is 2.39. The van der Waals surface area contributed by atoms with Crippen LogP contribution in [0.5, 0.6) is 0 Å². The molecule has 0 bridgehead atoms. The molecule has 1 aliphatic rings. The van der Waals surface area contributed by atoms with Gasteiger partial charge in [0.2, 0.25) is 0 Å². The van der Waals surface area contributed by atoms with Crippen LogP contribution < -0.4 is 5.32 Å². The average Bonchev–Trinajstić information content (AvgIpc) is 2.41. The van der Waals surface area contributed by atoms with Crippen molar-refractivity contribution >= 4 is 5.97 Å². The van der Waals surface area contributed by atoms with E-state index in [-0.39, 0.29) is 18.2 Å². The monoisotopic (exact) mass is 250 g/mol. The van der Waals surface area contributed by atoms with E-state index in [0.29, 0.717) is 5.56 Å². The zero-order valence-corrected chi connectivity index (χ0v) is 10.2. The van der Waals surface area contributed by atoms with E-state index in [1.165, 1.54) is 0 Å². The molecule has 0 saturated carbocycles. The molecule has 0 unspecified atom stereocenters. The van der Waals surface area contributed by atoms with Crippen LogP contribution >= 0.6 is 0 Å². The third kappa shape index (κ3) is 2.69. The van der Waals surface area contributed by atoms with Crippen molar-refractivity contribution in [3.05, 3.63) is 35.4 Å². The molecular formula is C13H18N2O3. The molecular weight excluding hydrogens is 232 g/mol. The van der Waals surface area contributed by atoms with Gasteiger partial charge in [-0.3, -0.25) is 4.90 Å². The second-order valence-corrected chi connectivity index (χ2v) is 4.38. The normalized spacial score (nSPS) is 18.5. The van der Waals surface area contributed by atoms with E-state index in [1.807, 2.05) is 6.07 Å². The number of nitrogens with one attached hydrogen (secondary N) is 1. The molecule has 1 aliphatic heterocycles. The Morgan fingerprint density at radius 3 is 2.61 bits per heavy atom. The minimum absolute atomic E-state index is 0.0652. The van der Waals surface area contributed by atoms with E-state index in [9.17, 15) is 15.0 Å². The van der Waals surface area contributed by atoms with Crippen molar-refractivity contribution in [2.45, 2.75) is 6.04 Å². The van der Waals surface area contributed by atoms with E-state index in [0.717, 1.165) is 26.2 Å². The summed E-state index contributed by atoms with van der Waals surface area (Å²) in [7, 11) is 0. The molecule has 5 heteroatoms. The predicted molar refractivity (Wildman–Crippen MR) is 67.7 cm³/mol. The Bertz CT molecular complexity index is 416. The number of aromatic carboxylic acids is 1. The second kappa shape index (κ2) is 5.95. The highest BCUT2D eigenvalue weighted by Gasteiger charge is 2.25. The minimum atomic E-state index is -0.945. The Morgan fingerprint density at radius 1 is 1.33 bits per heavy atom. The number of carboxylic acid groups (broad SMARTS) is 1. The van der Waals surface area contributed by atoms with Gasteiger partial charge in [0.1, 0.15) is 0 Å². The number of aliphatic hydroxyl groups is 1. The quantitative estimate of drug-likeness (QED) is 0.718. The van der Waals surface area contributed by atoms with Gasteiger partial charge in [-0.1, -0.05) is 18.2 Å². The maximum atomic E-state index is 11.2. The van der Waals surface area contributed by atoms with Crippen molar-refractivity contribution in [3.8, 4) is 0 Å². The minimum Gasteiger partial charge on any atom is -0.478 e. The molecule has 0 amide bonds. The van der Waals surface area contributed by atoms with E-state index < -0.39 is 5.97 Å². The highest BCUT2D eigenvalue weighted by molar-refractivity contribution is 5.89. The van der Waals surface area contributed by atoms with Gasteiger partial charge >= 0.3 is 5.97 Å². The number of nitrogens with zero attached hydrogens (tertiary/aromatic N) is 1.